The smallest absolute Gasteiger partial charge is 0.315 e. The molecular formula is C16H19N5O3. The van der Waals surface area contributed by atoms with Crippen LogP contribution in [0.5, 0.6) is 0 Å². The van der Waals surface area contributed by atoms with Crippen molar-refractivity contribution in [2.75, 3.05) is 18.4 Å². The molecule has 8 nitrogen and oxygen atoms in total. The number of carbonyl (C=O) groups is 2. The predicted octanol–water partition coefficient (Wildman–Crippen LogP) is 1.43. The van der Waals surface area contributed by atoms with E-state index in [-0.39, 0.29) is 5.92 Å². The Morgan fingerprint density at radius 3 is 2.92 bits per heavy atom. The molecule has 24 heavy (non-hydrogen) atoms. The van der Waals surface area contributed by atoms with Gasteiger partial charge in [0.2, 0.25) is 5.89 Å². The fraction of sp³-hybridized carbons (Fsp3) is 0.438. The number of hydrogen-bond acceptors (Lipinski definition) is 6. The monoisotopic (exact) mass is 329 g/mol. The summed E-state index contributed by atoms with van der Waals surface area (Å²) in [4.78, 5) is 34.4. The van der Waals surface area contributed by atoms with Crippen LogP contribution >= 0.6 is 0 Å². The summed E-state index contributed by atoms with van der Waals surface area (Å²) in [6, 6.07) is 3.53. The number of rotatable bonds is 2. The second kappa shape index (κ2) is 6.77. The number of likely N-dealkylation sites (tertiary alicyclic amines) is 1. The first-order valence-electron chi connectivity index (χ1n) is 7.86. The first-order valence-corrected chi connectivity index (χ1v) is 7.86. The zero-order valence-corrected chi connectivity index (χ0v) is 13.7. The third kappa shape index (κ3) is 3.58. The van der Waals surface area contributed by atoms with Crippen LogP contribution in [-0.2, 0) is 9.59 Å². The molecule has 2 aromatic rings. The molecule has 3 heterocycles. The summed E-state index contributed by atoms with van der Waals surface area (Å²) in [6.45, 7) is 4.58. The standard InChI is InChI=1S/C16H19N5O3/c1-10-5-6-17-13(8-10)19-14(22)16(23)21-7-3-4-12(9-21)15-18-11(2)20-24-15/h5-6,8,12H,3-4,7,9H2,1-2H3,(H,17,19,22)/t12-/m1/s1. The molecule has 0 spiro atoms. The molecule has 0 unspecified atom stereocenters. The Morgan fingerprint density at radius 2 is 2.21 bits per heavy atom. The lowest BCUT2D eigenvalue weighted by atomic mass is 9.98. The van der Waals surface area contributed by atoms with E-state index in [1.165, 1.54) is 4.90 Å². The molecule has 1 saturated heterocycles. The van der Waals surface area contributed by atoms with Crippen LogP contribution in [0.25, 0.3) is 0 Å². The average molecular weight is 329 g/mol. The van der Waals surface area contributed by atoms with Gasteiger partial charge in [-0.1, -0.05) is 5.16 Å². The number of carbonyl (C=O) groups excluding carboxylic acids is 2. The number of nitrogens with one attached hydrogen (secondary N) is 1. The van der Waals surface area contributed by atoms with Crippen LogP contribution < -0.4 is 5.32 Å². The number of aryl methyl sites for hydroxylation is 2. The van der Waals surface area contributed by atoms with Crippen LogP contribution in [0.2, 0.25) is 0 Å². The molecule has 0 bridgehead atoms. The van der Waals surface area contributed by atoms with Gasteiger partial charge in [0.05, 0.1) is 5.92 Å². The normalized spacial score (nSPS) is 17.6. The fourth-order valence-corrected chi connectivity index (χ4v) is 2.76. The number of pyridine rings is 1. The van der Waals surface area contributed by atoms with Crippen LogP contribution in [-0.4, -0.2) is 44.9 Å². The molecule has 3 rings (SSSR count). The lowest BCUT2D eigenvalue weighted by molar-refractivity contribution is -0.144. The minimum atomic E-state index is -0.685. The van der Waals surface area contributed by atoms with Crippen LogP contribution in [0.3, 0.4) is 0 Å². The Kier molecular flexibility index (Phi) is 4.54. The van der Waals surface area contributed by atoms with Crippen molar-refractivity contribution in [1.29, 1.82) is 0 Å². The number of piperidine rings is 1. The largest absolute Gasteiger partial charge is 0.339 e. The molecule has 2 aromatic heterocycles. The third-order valence-electron chi connectivity index (χ3n) is 3.95. The highest BCUT2D eigenvalue weighted by Crippen LogP contribution is 2.25. The molecule has 0 aliphatic carbocycles. The van der Waals surface area contributed by atoms with E-state index in [4.69, 9.17) is 4.52 Å². The van der Waals surface area contributed by atoms with Gasteiger partial charge in [0.15, 0.2) is 5.82 Å². The maximum Gasteiger partial charge on any atom is 0.315 e. The van der Waals surface area contributed by atoms with Crippen molar-refractivity contribution in [3.63, 3.8) is 0 Å². The van der Waals surface area contributed by atoms with E-state index in [1.54, 1.807) is 19.2 Å². The summed E-state index contributed by atoms with van der Waals surface area (Å²) >= 11 is 0. The Bertz CT molecular complexity index is 758. The summed E-state index contributed by atoms with van der Waals surface area (Å²) < 4.78 is 5.19. The maximum atomic E-state index is 12.4. The number of aromatic nitrogens is 3. The molecule has 1 aliphatic rings. The Hall–Kier alpha value is -2.77. The minimum absolute atomic E-state index is 0.0335. The molecule has 2 amide bonds. The van der Waals surface area contributed by atoms with E-state index in [9.17, 15) is 9.59 Å². The van der Waals surface area contributed by atoms with Crippen molar-refractivity contribution < 1.29 is 14.1 Å². The van der Waals surface area contributed by atoms with E-state index < -0.39 is 11.8 Å². The first kappa shape index (κ1) is 16.1. The molecule has 0 aromatic carbocycles. The van der Waals surface area contributed by atoms with Gasteiger partial charge in [0, 0.05) is 19.3 Å². The lowest BCUT2D eigenvalue weighted by Gasteiger charge is -2.30. The van der Waals surface area contributed by atoms with Gasteiger partial charge in [-0.15, -0.1) is 0 Å². The highest BCUT2D eigenvalue weighted by atomic mass is 16.5. The van der Waals surface area contributed by atoms with Gasteiger partial charge in [-0.2, -0.15) is 4.98 Å². The first-order chi connectivity index (χ1) is 11.5. The molecule has 1 N–H and O–H groups in total. The average Bonchev–Trinajstić information content (AvgIpc) is 3.01. The van der Waals surface area contributed by atoms with E-state index in [1.807, 2.05) is 13.0 Å². The van der Waals surface area contributed by atoms with Crippen molar-refractivity contribution in [3.05, 3.63) is 35.6 Å². The van der Waals surface area contributed by atoms with Crippen molar-refractivity contribution in [2.24, 2.45) is 0 Å². The summed E-state index contributed by atoms with van der Waals surface area (Å²) in [5, 5.41) is 6.33. The lowest BCUT2D eigenvalue weighted by Crippen LogP contribution is -2.44. The van der Waals surface area contributed by atoms with Gasteiger partial charge in [-0.3, -0.25) is 9.59 Å². The van der Waals surface area contributed by atoms with Crippen LogP contribution in [0.4, 0.5) is 5.82 Å². The van der Waals surface area contributed by atoms with Gasteiger partial charge >= 0.3 is 11.8 Å². The van der Waals surface area contributed by atoms with Crippen LogP contribution in [0.15, 0.2) is 22.9 Å². The Labute approximate surface area is 139 Å². The number of nitrogens with zero attached hydrogens (tertiary/aromatic N) is 4. The number of hydrogen-bond donors (Lipinski definition) is 1. The summed E-state index contributed by atoms with van der Waals surface area (Å²) in [5.41, 5.74) is 0.956. The van der Waals surface area contributed by atoms with Crippen molar-refractivity contribution >= 4 is 17.6 Å². The minimum Gasteiger partial charge on any atom is -0.339 e. The summed E-state index contributed by atoms with van der Waals surface area (Å²) in [5.74, 6) is 0.167. The third-order valence-corrected chi connectivity index (χ3v) is 3.95. The van der Waals surface area contributed by atoms with Gasteiger partial charge in [0.25, 0.3) is 0 Å². The fourth-order valence-electron chi connectivity index (χ4n) is 2.76. The molecule has 0 saturated carbocycles. The van der Waals surface area contributed by atoms with Crippen LogP contribution in [0.1, 0.15) is 36.0 Å². The van der Waals surface area contributed by atoms with Crippen molar-refractivity contribution in [1.82, 2.24) is 20.0 Å². The quantitative estimate of drug-likeness (QED) is 0.836. The molecule has 1 aliphatic heterocycles. The maximum absolute atomic E-state index is 12.4. The zero-order chi connectivity index (χ0) is 17.1. The molecule has 126 valence electrons. The molecule has 1 atom stereocenters. The molecule has 8 heteroatoms. The second-order valence-electron chi connectivity index (χ2n) is 5.94. The van der Waals surface area contributed by atoms with Crippen molar-refractivity contribution in [2.45, 2.75) is 32.6 Å². The zero-order valence-electron chi connectivity index (χ0n) is 13.7. The van der Waals surface area contributed by atoms with Gasteiger partial charge in [0.1, 0.15) is 5.82 Å². The van der Waals surface area contributed by atoms with E-state index in [0.29, 0.717) is 30.6 Å². The highest BCUT2D eigenvalue weighted by Gasteiger charge is 2.31. The van der Waals surface area contributed by atoms with E-state index in [0.717, 1.165) is 18.4 Å². The highest BCUT2D eigenvalue weighted by molar-refractivity contribution is 6.39. The predicted molar refractivity (Wildman–Crippen MR) is 85.2 cm³/mol. The van der Waals surface area contributed by atoms with E-state index in [2.05, 4.69) is 20.4 Å². The number of amides is 2. The van der Waals surface area contributed by atoms with Crippen molar-refractivity contribution in [3.8, 4) is 0 Å². The Balaban J connectivity index is 1.64. The SMILES string of the molecule is Cc1ccnc(NC(=O)C(=O)N2CCC[C@@H](c3nc(C)no3)C2)c1. The topological polar surface area (TPSA) is 101 Å². The van der Waals surface area contributed by atoms with Gasteiger partial charge in [-0.05, 0) is 44.4 Å². The molecule has 0 radical (unpaired) electrons. The van der Waals surface area contributed by atoms with Gasteiger partial charge in [-0.25, -0.2) is 4.98 Å². The molecule has 1 fully saturated rings. The number of anilines is 1. The van der Waals surface area contributed by atoms with Gasteiger partial charge < -0.3 is 14.7 Å². The van der Waals surface area contributed by atoms with E-state index >= 15 is 0 Å². The second-order valence-corrected chi connectivity index (χ2v) is 5.94. The Morgan fingerprint density at radius 1 is 1.38 bits per heavy atom. The summed E-state index contributed by atoms with van der Waals surface area (Å²) in [6.07, 6.45) is 3.23. The molecular weight excluding hydrogens is 310 g/mol. The van der Waals surface area contributed by atoms with Crippen LogP contribution in [0, 0.1) is 13.8 Å². The summed E-state index contributed by atoms with van der Waals surface area (Å²) in [7, 11) is 0.